The monoisotopic (exact) mass is 385 g/mol. The van der Waals surface area contributed by atoms with Crippen LogP contribution < -0.4 is 5.32 Å². The lowest BCUT2D eigenvalue weighted by atomic mass is 10.0. The average molecular weight is 385 g/mol. The van der Waals surface area contributed by atoms with Gasteiger partial charge >= 0.3 is 0 Å². The van der Waals surface area contributed by atoms with Gasteiger partial charge in [0.1, 0.15) is 12.7 Å². The van der Waals surface area contributed by atoms with Crippen molar-refractivity contribution in [2.75, 3.05) is 0 Å². The Bertz CT molecular complexity index is 1120. The molecule has 4 rings (SSSR count). The topological polar surface area (TPSA) is 72.7 Å². The van der Waals surface area contributed by atoms with E-state index in [0.717, 1.165) is 27.7 Å². The van der Waals surface area contributed by atoms with Gasteiger partial charge < -0.3 is 5.32 Å². The van der Waals surface area contributed by atoms with Gasteiger partial charge in [0.15, 0.2) is 0 Å². The molecule has 0 saturated heterocycles. The van der Waals surface area contributed by atoms with E-state index in [9.17, 15) is 4.79 Å². The van der Waals surface area contributed by atoms with Crippen LogP contribution in [0.4, 0.5) is 0 Å². The first-order valence-electron chi connectivity index (χ1n) is 9.68. The number of hydrogen-bond donors (Lipinski definition) is 1. The highest BCUT2D eigenvalue weighted by Gasteiger charge is 2.14. The van der Waals surface area contributed by atoms with Crippen molar-refractivity contribution in [3.63, 3.8) is 0 Å². The molecule has 0 spiro atoms. The normalized spacial score (nSPS) is 11.1. The Morgan fingerprint density at radius 2 is 1.83 bits per heavy atom. The van der Waals surface area contributed by atoms with Gasteiger partial charge in [-0.1, -0.05) is 56.3 Å². The summed E-state index contributed by atoms with van der Waals surface area (Å²) in [7, 11) is 0. The highest BCUT2D eigenvalue weighted by molar-refractivity contribution is 6.06. The van der Waals surface area contributed by atoms with E-state index in [2.05, 4.69) is 34.2 Å². The Hall–Kier alpha value is -3.54. The number of carbonyl (C=O) groups is 1. The number of benzene rings is 2. The van der Waals surface area contributed by atoms with Crippen LogP contribution in [-0.4, -0.2) is 25.7 Å². The fourth-order valence-corrected chi connectivity index (χ4v) is 3.22. The van der Waals surface area contributed by atoms with Gasteiger partial charge in [-0.2, -0.15) is 5.10 Å². The van der Waals surface area contributed by atoms with E-state index < -0.39 is 0 Å². The molecule has 2 aromatic carbocycles. The van der Waals surface area contributed by atoms with E-state index in [4.69, 9.17) is 0 Å². The molecule has 2 heterocycles. The summed E-state index contributed by atoms with van der Waals surface area (Å²) in [5.41, 5.74) is 4.62. The molecule has 0 unspecified atom stereocenters. The van der Waals surface area contributed by atoms with E-state index in [1.807, 2.05) is 54.6 Å². The minimum absolute atomic E-state index is 0.0859. The Labute approximate surface area is 169 Å². The lowest BCUT2D eigenvalue weighted by Crippen LogP contribution is -2.23. The van der Waals surface area contributed by atoms with Crippen LogP contribution in [0.3, 0.4) is 0 Å². The third kappa shape index (κ3) is 4.32. The summed E-state index contributed by atoms with van der Waals surface area (Å²) < 4.78 is 1.78. The third-order valence-electron chi connectivity index (χ3n) is 4.86. The Morgan fingerprint density at radius 1 is 1.07 bits per heavy atom. The zero-order valence-electron chi connectivity index (χ0n) is 16.5. The minimum atomic E-state index is -0.0859. The van der Waals surface area contributed by atoms with Crippen LogP contribution in [0.15, 0.2) is 67.3 Å². The number of hydrogen-bond acceptors (Lipinski definition) is 4. The van der Waals surface area contributed by atoms with Crippen LogP contribution in [0.1, 0.15) is 46.9 Å². The van der Waals surface area contributed by atoms with Crippen LogP contribution in [0.2, 0.25) is 0 Å². The number of nitrogens with zero attached hydrogens (tertiary/aromatic N) is 4. The number of fused-ring (bicyclic) bond motifs is 1. The summed E-state index contributed by atoms with van der Waals surface area (Å²) >= 11 is 0. The summed E-state index contributed by atoms with van der Waals surface area (Å²) in [6, 6.07) is 17.8. The zero-order chi connectivity index (χ0) is 20.2. The molecular weight excluding hydrogens is 362 g/mol. The number of rotatable bonds is 6. The molecule has 1 N–H and O–H groups in total. The first-order chi connectivity index (χ1) is 14.1. The van der Waals surface area contributed by atoms with Crippen LogP contribution in [0, 0.1) is 0 Å². The predicted molar refractivity (Wildman–Crippen MR) is 113 cm³/mol. The van der Waals surface area contributed by atoms with Gasteiger partial charge in [0, 0.05) is 17.6 Å². The molecule has 0 bridgehead atoms. The van der Waals surface area contributed by atoms with E-state index in [0.29, 0.717) is 18.7 Å². The van der Waals surface area contributed by atoms with Crippen LogP contribution in [0.25, 0.3) is 10.9 Å². The predicted octanol–water partition coefficient (Wildman–Crippen LogP) is 3.93. The quantitative estimate of drug-likeness (QED) is 0.546. The van der Waals surface area contributed by atoms with Crippen molar-refractivity contribution in [1.82, 2.24) is 25.1 Å². The molecular formula is C23H23N5O. The van der Waals surface area contributed by atoms with Crippen LogP contribution in [0.5, 0.6) is 0 Å². The van der Waals surface area contributed by atoms with E-state index in [-0.39, 0.29) is 11.8 Å². The molecule has 0 fully saturated rings. The average Bonchev–Trinajstić information content (AvgIpc) is 3.25. The van der Waals surface area contributed by atoms with Crippen LogP contribution >= 0.6 is 0 Å². The van der Waals surface area contributed by atoms with Crippen molar-refractivity contribution in [2.24, 2.45) is 0 Å². The van der Waals surface area contributed by atoms with Gasteiger partial charge in [-0.25, -0.2) is 9.67 Å². The lowest BCUT2D eigenvalue weighted by molar-refractivity contribution is 0.0952. The molecule has 4 aromatic rings. The maximum atomic E-state index is 12.9. The molecule has 0 aliphatic rings. The van der Waals surface area contributed by atoms with E-state index in [1.54, 1.807) is 11.0 Å². The smallest absolute Gasteiger partial charge is 0.252 e. The number of para-hydroxylation sites is 1. The second-order valence-electron chi connectivity index (χ2n) is 7.36. The van der Waals surface area contributed by atoms with E-state index in [1.165, 1.54) is 6.33 Å². The molecule has 0 atom stereocenters. The minimum Gasteiger partial charge on any atom is -0.348 e. The number of carbonyl (C=O) groups excluding carboxylic acids is 1. The number of nitrogens with one attached hydrogen (secondary N) is 1. The zero-order valence-corrected chi connectivity index (χ0v) is 16.5. The summed E-state index contributed by atoms with van der Waals surface area (Å²) in [5, 5.41) is 8.03. The lowest BCUT2D eigenvalue weighted by Gasteiger charge is -2.12. The maximum absolute atomic E-state index is 12.9. The first-order valence-corrected chi connectivity index (χ1v) is 9.68. The fourth-order valence-electron chi connectivity index (χ4n) is 3.22. The molecule has 0 saturated carbocycles. The second kappa shape index (κ2) is 8.22. The van der Waals surface area contributed by atoms with Gasteiger partial charge in [-0.05, 0) is 29.2 Å². The molecule has 0 aliphatic carbocycles. The molecule has 146 valence electrons. The molecule has 2 aromatic heterocycles. The molecule has 6 nitrogen and oxygen atoms in total. The highest BCUT2D eigenvalue weighted by Crippen LogP contribution is 2.22. The van der Waals surface area contributed by atoms with Gasteiger partial charge in [0.25, 0.3) is 5.91 Å². The number of aromatic nitrogens is 4. The maximum Gasteiger partial charge on any atom is 0.252 e. The van der Waals surface area contributed by atoms with Crippen molar-refractivity contribution in [2.45, 2.75) is 32.9 Å². The van der Waals surface area contributed by atoms with Gasteiger partial charge in [0.2, 0.25) is 0 Å². The summed E-state index contributed by atoms with van der Waals surface area (Å²) in [6.45, 7) is 5.31. The Morgan fingerprint density at radius 3 is 2.55 bits per heavy atom. The number of amides is 1. The molecule has 6 heteroatoms. The van der Waals surface area contributed by atoms with Gasteiger partial charge in [0.05, 0.1) is 17.6 Å². The summed E-state index contributed by atoms with van der Waals surface area (Å²) in [5.74, 6) is 0.167. The molecule has 0 aliphatic heterocycles. The standard InChI is InChI=1S/C23H23N5O/c1-16(2)22-11-20(19-5-3-4-6-21(19)27-22)23(29)25-12-17-7-9-18(10-8-17)13-28-15-24-14-26-28/h3-11,14-16H,12-13H2,1-2H3,(H,25,29). The third-order valence-corrected chi connectivity index (χ3v) is 4.86. The molecule has 1 amide bonds. The molecule has 0 radical (unpaired) electrons. The van der Waals surface area contributed by atoms with Crippen molar-refractivity contribution in [3.05, 3.63) is 89.6 Å². The molecule has 29 heavy (non-hydrogen) atoms. The van der Waals surface area contributed by atoms with Crippen molar-refractivity contribution in [1.29, 1.82) is 0 Å². The highest BCUT2D eigenvalue weighted by atomic mass is 16.1. The van der Waals surface area contributed by atoms with Crippen molar-refractivity contribution >= 4 is 16.8 Å². The second-order valence-corrected chi connectivity index (χ2v) is 7.36. The van der Waals surface area contributed by atoms with Crippen molar-refractivity contribution in [3.8, 4) is 0 Å². The van der Waals surface area contributed by atoms with Crippen molar-refractivity contribution < 1.29 is 4.79 Å². The fraction of sp³-hybridized carbons (Fsp3) is 0.217. The number of pyridine rings is 1. The summed E-state index contributed by atoms with van der Waals surface area (Å²) in [6.07, 6.45) is 3.22. The first kappa shape index (κ1) is 18.8. The largest absolute Gasteiger partial charge is 0.348 e. The SMILES string of the molecule is CC(C)c1cc(C(=O)NCc2ccc(Cn3cncn3)cc2)c2ccccc2n1. The van der Waals surface area contributed by atoms with Gasteiger partial charge in [-0.15, -0.1) is 0 Å². The summed E-state index contributed by atoms with van der Waals surface area (Å²) in [4.78, 5) is 21.6. The Kier molecular flexibility index (Phi) is 5.33. The van der Waals surface area contributed by atoms with Crippen LogP contribution in [-0.2, 0) is 13.1 Å². The Balaban J connectivity index is 1.48. The van der Waals surface area contributed by atoms with Gasteiger partial charge in [-0.3, -0.25) is 9.78 Å². The van der Waals surface area contributed by atoms with E-state index >= 15 is 0 Å².